The van der Waals surface area contributed by atoms with Crippen LogP contribution in [0.3, 0.4) is 0 Å². The average molecular weight is 530 g/mol. The second kappa shape index (κ2) is 12.9. The smallest absolute Gasteiger partial charge is 0.408 e. The van der Waals surface area contributed by atoms with Gasteiger partial charge in [-0.1, -0.05) is 49.4 Å². The second-order valence-electron chi connectivity index (χ2n) is 10.5. The molecular weight excluding hydrogens is 490 g/mol. The van der Waals surface area contributed by atoms with Gasteiger partial charge in [0.25, 0.3) is 0 Å². The highest BCUT2D eigenvalue weighted by Crippen LogP contribution is 2.33. The molecule has 37 heavy (non-hydrogen) atoms. The lowest BCUT2D eigenvalue weighted by atomic mass is 9.92. The summed E-state index contributed by atoms with van der Waals surface area (Å²) < 4.78 is 5.34. The van der Waals surface area contributed by atoms with Gasteiger partial charge in [0, 0.05) is 17.8 Å². The Morgan fingerprint density at radius 2 is 1.68 bits per heavy atom. The molecule has 0 fully saturated rings. The normalized spacial score (nSPS) is 13.3. The van der Waals surface area contributed by atoms with E-state index in [2.05, 4.69) is 23.3 Å². The van der Waals surface area contributed by atoms with E-state index in [1.54, 1.807) is 32.9 Å². The molecular formula is C28H39N3O5S. The van der Waals surface area contributed by atoms with Crippen molar-refractivity contribution >= 4 is 30.5 Å². The molecule has 0 saturated carbocycles. The summed E-state index contributed by atoms with van der Waals surface area (Å²) in [5.74, 6) is -0.944. The van der Waals surface area contributed by atoms with Crippen molar-refractivity contribution in [2.45, 2.75) is 77.7 Å². The second-order valence-corrected chi connectivity index (χ2v) is 10.8. The highest BCUT2D eigenvalue weighted by atomic mass is 32.1. The van der Waals surface area contributed by atoms with E-state index < -0.39 is 41.1 Å². The number of nitrogens with one attached hydrogen (secondary N) is 2. The number of nitrogens with zero attached hydrogens (tertiary/aromatic N) is 1. The minimum Gasteiger partial charge on any atom is -0.508 e. The number of hydrogen-bond acceptors (Lipinski definition) is 6. The van der Waals surface area contributed by atoms with Gasteiger partial charge in [-0.25, -0.2) is 4.79 Å². The van der Waals surface area contributed by atoms with Crippen LogP contribution in [0.25, 0.3) is 0 Å². The van der Waals surface area contributed by atoms with Gasteiger partial charge in [-0.15, -0.1) is 0 Å². The highest BCUT2D eigenvalue weighted by Gasteiger charge is 2.42. The van der Waals surface area contributed by atoms with E-state index in [0.717, 1.165) is 5.56 Å². The molecule has 2 rings (SSSR count). The molecule has 3 N–H and O–H groups in total. The maximum absolute atomic E-state index is 14.0. The number of phenolic OH excluding ortho intramolecular Hbond substituents is 1. The van der Waals surface area contributed by atoms with Crippen molar-refractivity contribution in [1.29, 1.82) is 0 Å². The third-order valence-electron chi connectivity index (χ3n) is 5.93. The van der Waals surface area contributed by atoms with E-state index in [4.69, 9.17) is 4.74 Å². The van der Waals surface area contributed by atoms with Gasteiger partial charge in [-0.05, 0) is 64.3 Å². The number of amides is 3. The van der Waals surface area contributed by atoms with Crippen LogP contribution in [0.4, 0.5) is 4.79 Å². The van der Waals surface area contributed by atoms with Crippen LogP contribution >= 0.6 is 12.6 Å². The zero-order valence-electron chi connectivity index (χ0n) is 22.4. The molecule has 202 valence electrons. The van der Waals surface area contributed by atoms with Crippen molar-refractivity contribution in [2.24, 2.45) is 0 Å². The summed E-state index contributed by atoms with van der Waals surface area (Å²) in [6.07, 6.45) is -0.234. The summed E-state index contributed by atoms with van der Waals surface area (Å²) >= 11 is 4.32. The summed E-state index contributed by atoms with van der Waals surface area (Å²) in [7, 11) is 0. The average Bonchev–Trinajstić information content (AvgIpc) is 2.83. The Morgan fingerprint density at radius 1 is 1.03 bits per heavy atom. The molecule has 2 atom stereocenters. The largest absolute Gasteiger partial charge is 0.508 e. The van der Waals surface area contributed by atoms with Crippen molar-refractivity contribution in [3.05, 3.63) is 65.7 Å². The lowest BCUT2D eigenvalue weighted by Gasteiger charge is -2.44. The molecule has 2 aromatic carbocycles. The monoisotopic (exact) mass is 529 g/mol. The number of carbonyl (C=O) groups is 3. The van der Waals surface area contributed by atoms with Gasteiger partial charge in [0.15, 0.2) is 0 Å². The number of phenols is 1. The third-order valence-corrected chi connectivity index (χ3v) is 6.29. The Hall–Kier alpha value is -3.20. The van der Waals surface area contributed by atoms with E-state index in [9.17, 15) is 19.5 Å². The van der Waals surface area contributed by atoms with Crippen LogP contribution in [0.1, 0.15) is 65.1 Å². The van der Waals surface area contributed by atoms with Crippen molar-refractivity contribution in [3.8, 4) is 5.75 Å². The fraction of sp³-hybridized carbons (Fsp3) is 0.464. The van der Waals surface area contributed by atoms with Gasteiger partial charge in [-0.3, -0.25) is 9.59 Å². The van der Waals surface area contributed by atoms with Crippen molar-refractivity contribution in [3.63, 3.8) is 0 Å². The van der Waals surface area contributed by atoms with Crippen LogP contribution in [0.5, 0.6) is 5.75 Å². The summed E-state index contributed by atoms with van der Waals surface area (Å²) in [4.78, 5) is 41.7. The van der Waals surface area contributed by atoms with E-state index >= 15 is 0 Å². The maximum Gasteiger partial charge on any atom is 0.408 e. The first-order valence-electron chi connectivity index (χ1n) is 12.3. The topological polar surface area (TPSA) is 108 Å². The minimum absolute atomic E-state index is 0.00718. The number of ether oxygens (including phenoxy) is 1. The molecule has 2 aromatic rings. The van der Waals surface area contributed by atoms with Crippen LogP contribution in [0.2, 0.25) is 0 Å². The number of benzene rings is 2. The number of aromatic hydroxyl groups is 1. The number of rotatable bonds is 10. The number of carbonyl (C=O) groups excluding carboxylic acids is 3. The van der Waals surface area contributed by atoms with Crippen molar-refractivity contribution in [1.82, 2.24) is 15.5 Å². The van der Waals surface area contributed by atoms with Crippen LogP contribution in [-0.4, -0.2) is 50.8 Å². The van der Waals surface area contributed by atoms with Crippen LogP contribution < -0.4 is 10.6 Å². The standard InChI is InChI=1S/C28H39N3O5S/c1-7-28(5,6)31(25(34)22(18-37)30-26(35)36-27(2,3)4)23(20-14-11-15-21(32)16-20)24(33)29-17-19-12-9-8-10-13-19/h8-16,22-23,32,37H,7,17-18H2,1-6H3,(H,29,33)(H,30,35). The number of hydrogen-bond donors (Lipinski definition) is 4. The molecule has 2 unspecified atom stereocenters. The molecule has 0 saturated heterocycles. The fourth-order valence-electron chi connectivity index (χ4n) is 3.74. The molecule has 8 nitrogen and oxygen atoms in total. The van der Waals surface area contributed by atoms with Gasteiger partial charge < -0.3 is 25.4 Å². The summed E-state index contributed by atoms with van der Waals surface area (Å²) in [6.45, 7) is 11.1. The number of thiol groups is 1. The first-order chi connectivity index (χ1) is 17.3. The molecule has 0 radical (unpaired) electrons. The van der Waals surface area contributed by atoms with Gasteiger partial charge in [-0.2, -0.15) is 12.6 Å². The maximum atomic E-state index is 14.0. The lowest BCUT2D eigenvalue weighted by molar-refractivity contribution is -0.149. The molecule has 0 bridgehead atoms. The van der Waals surface area contributed by atoms with Gasteiger partial charge in [0.05, 0.1) is 0 Å². The molecule has 0 aliphatic carbocycles. The summed E-state index contributed by atoms with van der Waals surface area (Å²) in [6, 6.07) is 13.6. The first kappa shape index (κ1) is 30.0. The van der Waals surface area contributed by atoms with Crippen molar-refractivity contribution < 1.29 is 24.2 Å². The Labute approximate surface area is 225 Å². The van der Waals surface area contributed by atoms with Gasteiger partial charge >= 0.3 is 6.09 Å². The molecule has 0 spiro atoms. The van der Waals surface area contributed by atoms with E-state index in [1.807, 2.05) is 51.1 Å². The van der Waals surface area contributed by atoms with Crippen LogP contribution in [0, 0.1) is 0 Å². The van der Waals surface area contributed by atoms with Crippen LogP contribution in [0.15, 0.2) is 54.6 Å². The van der Waals surface area contributed by atoms with Crippen LogP contribution in [-0.2, 0) is 20.9 Å². The lowest BCUT2D eigenvalue weighted by Crippen LogP contribution is -2.59. The SMILES string of the molecule is CCC(C)(C)N(C(=O)C(CS)NC(=O)OC(C)(C)C)C(C(=O)NCc1ccccc1)c1cccc(O)c1. The predicted molar refractivity (Wildman–Crippen MR) is 147 cm³/mol. The predicted octanol–water partition coefficient (Wildman–Crippen LogP) is 4.59. The zero-order valence-corrected chi connectivity index (χ0v) is 23.3. The van der Waals surface area contributed by atoms with E-state index in [0.29, 0.717) is 12.0 Å². The summed E-state index contributed by atoms with van der Waals surface area (Å²) in [5.41, 5.74) is -0.208. The Balaban J connectivity index is 2.50. The Bertz CT molecular complexity index is 1070. The molecule has 0 aromatic heterocycles. The third kappa shape index (κ3) is 8.70. The molecule has 0 heterocycles. The van der Waals surface area contributed by atoms with E-state index in [1.165, 1.54) is 17.0 Å². The van der Waals surface area contributed by atoms with Gasteiger partial charge in [0.2, 0.25) is 11.8 Å². The molecule has 9 heteroatoms. The van der Waals surface area contributed by atoms with E-state index in [-0.39, 0.29) is 18.0 Å². The quantitative estimate of drug-likeness (QED) is 0.337. The number of alkyl carbamates (subject to hydrolysis) is 1. The molecule has 0 aliphatic heterocycles. The minimum atomic E-state index is -1.08. The Kier molecular flexibility index (Phi) is 10.4. The molecule has 3 amide bonds. The first-order valence-corrected chi connectivity index (χ1v) is 13.0. The van der Waals surface area contributed by atoms with Gasteiger partial charge in [0.1, 0.15) is 23.4 Å². The van der Waals surface area contributed by atoms with Crippen molar-refractivity contribution in [2.75, 3.05) is 5.75 Å². The fourth-order valence-corrected chi connectivity index (χ4v) is 3.99. The zero-order chi connectivity index (χ0) is 27.8. The summed E-state index contributed by atoms with van der Waals surface area (Å²) in [5, 5.41) is 15.7. The Morgan fingerprint density at radius 3 is 2.22 bits per heavy atom. The highest BCUT2D eigenvalue weighted by molar-refractivity contribution is 7.80. The molecule has 0 aliphatic rings.